The summed E-state index contributed by atoms with van der Waals surface area (Å²) >= 11 is 0. The summed E-state index contributed by atoms with van der Waals surface area (Å²) < 4.78 is 10.4. The summed E-state index contributed by atoms with van der Waals surface area (Å²) in [6.07, 6.45) is -1.37. The highest BCUT2D eigenvalue weighted by atomic mass is 16.5. The van der Waals surface area contributed by atoms with Crippen LogP contribution in [0.4, 0.5) is 4.79 Å². The molecule has 0 fully saturated rings. The van der Waals surface area contributed by atoms with E-state index in [1.165, 1.54) is 7.05 Å². The topological polar surface area (TPSA) is 127 Å². The Morgan fingerprint density at radius 2 is 1.72 bits per heavy atom. The number of aryl methyl sites for hydroxylation is 1. The standard InChI is InChI=1S/C20H23N3O6/c1-5-28-18(25)14-11(2)15(22-12(14)3)19(26)29-16(13-9-7-6-8-10-13)17(24)23-20(27)21-4/h6-10,16,22H,5H2,1-4H3,(H2,21,23,24,27)/t16-/m1/s1. The zero-order valence-electron chi connectivity index (χ0n) is 16.6. The van der Waals surface area contributed by atoms with Crippen molar-refractivity contribution in [2.75, 3.05) is 13.7 Å². The van der Waals surface area contributed by atoms with Crippen molar-refractivity contribution in [1.29, 1.82) is 0 Å². The van der Waals surface area contributed by atoms with Gasteiger partial charge in [-0.3, -0.25) is 10.1 Å². The van der Waals surface area contributed by atoms with Gasteiger partial charge in [-0.2, -0.15) is 0 Å². The number of hydrogen-bond acceptors (Lipinski definition) is 6. The summed E-state index contributed by atoms with van der Waals surface area (Å²) in [6.45, 7) is 5.08. The number of hydrogen-bond donors (Lipinski definition) is 3. The molecular formula is C20H23N3O6. The predicted molar refractivity (Wildman–Crippen MR) is 103 cm³/mol. The average molecular weight is 401 g/mol. The van der Waals surface area contributed by atoms with E-state index >= 15 is 0 Å². The summed E-state index contributed by atoms with van der Waals surface area (Å²) in [5.41, 5.74) is 1.45. The lowest BCUT2D eigenvalue weighted by atomic mass is 10.1. The van der Waals surface area contributed by atoms with E-state index in [0.717, 1.165) is 0 Å². The Labute approximate surface area is 167 Å². The molecule has 2 aromatic rings. The Morgan fingerprint density at radius 1 is 1.07 bits per heavy atom. The van der Waals surface area contributed by atoms with E-state index in [9.17, 15) is 19.2 Å². The zero-order valence-corrected chi connectivity index (χ0v) is 16.6. The van der Waals surface area contributed by atoms with Crippen molar-refractivity contribution in [3.8, 4) is 0 Å². The summed E-state index contributed by atoms with van der Waals surface area (Å²) in [5, 5.41) is 4.36. The highest BCUT2D eigenvalue weighted by Gasteiger charge is 2.30. The van der Waals surface area contributed by atoms with Crippen LogP contribution in [0.25, 0.3) is 0 Å². The molecule has 9 heteroatoms. The average Bonchev–Trinajstić information content (AvgIpc) is 3.00. The van der Waals surface area contributed by atoms with E-state index in [1.807, 2.05) is 0 Å². The second kappa shape index (κ2) is 9.54. The number of H-pyrrole nitrogens is 1. The Kier molecular flexibility index (Phi) is 7.13. The van der Waals surface area contributed by atoms with Gasteiger partial charge in [0.25, 0.3) is 5.91 Å². The number of urea groups is 1. The second-order valence-electron chi connectivity index (χ2n) is 6.11. The Morgan fingerprint density at radius 3 is 2.31 bits per heavy atom. The second-order valence-corrected chi connectivity index (χ2v) is 6.11. The first kappa shape index (κ1) is 21.7. The predicted octanol–water partition coefficient (Wildman–Crippen LogP) is 2.16. The third-order valence-corrected chi connectivity index (χ3v) is 4.15. The quantitative estimate of drug-likeness (QED) is 0.637. The first-order valence-electron chi connectivity index (χ1n) is 8.94. The summed E-state index contributed by atoms with van der Waals surface area (Å²) in [7, 11) is 1.36. The lowest BCUT2D eigenvalue weighted by Gasteiger charge is -2.17. The molecule has 0 bridgehead atoms. The fraction of sp³-hybridized carbons (Fsp3) is 0.300. The van der Waals surface area contributed by atoms with Crippen molar-refractivity contribution in [1.82, 2.24) is 15.6 Å². The normalized spacial score (nSPS) is 11.3. The van der Waals surface area contributed by atoms with Crippen LogP contribution in [0.15, 0.2) is 30.3 Å². The van der Waals surface area contributed by atoms with Crippen LogP contribution in [-0.4, -0.2) is 42.5 Å². The van der Waals surface area contributed by atoms with Crippen molar-refractivity contribution >= 4 is 23.9 Å². The molecule has 0 aliphatic heterocycles. The minimum absolute atomic E-state index is 0.0271. The van der Waals surface area contributed by atoms with Crippen LogP contribution in [0, 0.1) is 13.8 Å². The van der Waals surface area contributed by atoms with Gasteiger partial charge in [0, 0.05) is 18.3 Å². The maximum atomic E-state index is 12.8. The number of benzene rings is 1. The van der Waals surface area contributed by atoms with Crippen molar-refractivity contribution in [2.24, 2.45) is 0 Å². The number of ether oxygens (including phenoxy) is 2. The van der Waals surface area contributed by atoms with E-state index in [1.54, 1.807) is 51.1 Å². The minimum atomic E-state index is -1.37. The van der Waals surface area contributed by atoms with Gasteiger partial charge in [-0.1, -0.05) is 30.3 Å². The molecule has 0 spiro atoms. The molecule has 1 aromatic carbocycles. The molecule has 3 N–H and O–H groups in total. The maximum Gasteiger partial charge on any atom is 0.356 e. The summed E-state index contributed by atoms with van der Waals surface area (Å²) in [4.78, 5) is 51.7. The number of carbonyl (C=O) groups is 4. The van der Waals surface area contributed by atoms with Gasteiger partial charge in [-0.25, -0.2) is 14.4 Å². The van der Waals surface area contributed by atoms with Gasteiger partial charge in [0.2, 0.25) is 6.10 Å². The van der Waals surface area contributed by atoms with Crippen molar-refractivity contribution in [2.45, 2.75) is 26.9 Å². The molecule has 2 rings (SSSR count). The SMILES string of the molecule is CCOC(=O)c1c(C)[nH]c(C(=O)O[C@@H](C(=O)NC(=O)NC)c2ccccc2)c1C. The van der Waals surface area contributed by atoms with Gasteiger partial charge in [0.15, 0.2) is 0 Å². The van der Waals surface area contributed by atoms with Gasteiger partial charge in [-0.05, 0) is 26.3 Å². The molecule has 0 aliphatic rings. The van der Waals surface area contributed by atoms with Crippen LogP contribution in [0.5, 0.6) is 0 Å². The highest BCUT2D eigenvalue weighted by molar-refractivity contribution is 6.01. The minimum Gasteiger partial charge on any atom is -0.462 e. The first-order valence-corrected chi connectivity index (χ1v) is 8.94. The molecule has 1 atom stereocenters. The largest absolute Gasteiger partial charge is 0.462 e. The van der Waals surface area contributed by atoms with Crippen molar-refractivity contribution in [3.05, 3.63) is 58.4 Å². The lowest BCUT2D eigenvalue weighted by molar-refractivity contribution is -0.129. The Balaban J connectivity index is 2.33. The van der Waals surface area contributed by atoms with E-state index < -0.39 is 30.0 Å². The Bertz CT molecular complexity index is 920. The number of aromatic nitrogens is 1. The zero-order chi connectivity index (χ0) is 21.6. The molecule has 0 radical (unpaired) electrons. The molecule has 0 aliphatic carbocycles. The monoisotopic (exact) mass is 401 g/mol. The van der Waals surface area contributed by atoms with Crippen LogP contribution < -0.4 is 10.6 Å². The smallest absolute Gasteiger partial charge is 0.356 e. The van der Waals surface area contributed by atoms with E-state index in [4.69, 9.17) is 9.47 Å². The van der Waals surface area contributed by atoms with Crippen LogP contribution in [0.1, 0.15) is 50.7 Å². The number of carbonyl (C=O) groups excluding carboxylic acids is 4. The first-order chi connectivity index (χ1) is 13.8. The number of rotatable bonds is 6. The molecule has 0 saturated heterocycles. The third kappa shape index (κ3) is 5.01. The molecule has 1 heterocycles. The van der Waals surface area contributed by atoms with Crippen LogP contribution in [0.2, 0.25) is 0 Å². The van der Waals surface area contributed by atoms with Gasteiger partial charge in [0.05, 0.1) is 12.2 Å². The molecule has 0 unspecified atom stereocenters. The molecular weight excluding hydrogens is 378 g/mol. The van der Waals surface area contributed by atoms with Gasteiger partial charge in [-0.15, -0.1) is 0 Å². The number of esters is 2. The van der Waals surface area contributed by atoms with Gasteiger partial charge >= 0.3 is 18.0 Å². The van der Waals surface area contributed by atoms with Crippen LogP contribution in [-0.2, 0) is 14.3 Å². The molecule has 29 heavy (non-hydrogen) atoms. The van der Waals surface area contributed by atoms with E-state index in [2.05, 4.69) is 15.6 Å². The summed E-state index contributed by atoms with van der Waals surface area (Å²) in [6, 6.07) is 7.54. The van der Waals surface area contributed by atoms with E-state index in [-0.39, 0.29) is 17.9 Å². The van der Waals surface area contributed by atoms with Crippen LogP contribution >= 0.6 is 0 Å². The molecule has 154 valence electrons. The highest BCUT2D eigenvalue weighted by Crippen LogP contribution is 2.24. The molecule has 9 nitrogen and oxygen atoms in total. The van der Waals surface area contributed by atoms with Gasteiger partial charge in [0.1, 0.15) is 5.69 Å². The molecule has 1 aromatic heterocycles. The fourth-order valence-electron chi connectivity index (χ4n) is 2.77. The lowest BCUT2D eigenvalue weighted by Crippen LogP contribution is -2.41. The molecule has 3 amide bonds. The fourth-order valence-corrected chi connectivity index (χ4v) is 2.77. The number of imide groups is 1. The summed E-state index contributed by atoms with van der Waals surface area (Å²) in [5.74, 6) is -2.22. The number of aromatic amines is 1. The Hall–Kier alpha value is -3.62. The number of nitrogens with one attached hydrogen (secondary N) is 3. The molecule has 0 saturated carbocycles. The van der Waals surface area contributed by atoms with E-state index in [0.29, 0.717) is 16.8 Å². The maximum absolute atomic E-state index is 12.8. The third-order valence-electron chi connectivity index (χ3n) is 4.15. The van der Waals surface area contributed by atoms with Gasteiger partial charge < -0.3 is 19.8 Å². The van der Waals surface area contributed by atoms with Crippen molar-refractivity contribution in [3.63, 3.8) is 0 Å². The van der Waals surface area contributed by atoms with Crippen LogP contribution in [0.3, 0.4) is 0 Å². The van der Waals surface area contributed by atoms with Crippen molar-refractivity contribution < 1.29 is 28.7 Å². The number of amides is 3.